The molecule has 1 aromatic heterocycles. The van der Waals surface area contributed by atoms with Gasteiger partial charge in [-0.25, -0.2) is 0 Å². The van der Waals surface area contributed by atoms with Crippen LogP contribution in [-0.4, -0.2) is 38.0 Å². The maximum Gasteiger partial charge on any atom is 0.0722 e. The second-order valence-corrected chi connectivity index (χ2v) is 7.00. The highest BCUT2D eigenvalue weighted by molar-refractivity contribution is 5.90. The van der Waals surface area contributed by atoms with E-state index in [1.807, 2.05) is 12.3 Å². The summed E-state index contributed by atoms with van der Waals surface area (Å²) < 4.78 is 11.3. The van der Waals surface area contributed by atoms with Crippen LogP contribution in [0.15, 0.2) is 36.5 Å². The lowest BCUT2D eigenvalue weighted by Crippen LogP contribution is -2.05. The van der Waals surface area contributed by atoms with E-state index in [1.54, 1.807) is 0 Å². The summed E-state index contributed by atoms with van der Waals surface area (Å²) in [6, 6.07) is 10.3. The lowest BCUT2D eigenvalue weighted by Gasteiger charge is -2.09. The van der Waals surface area contributed by atoms with E-state index in [0.717, 1.165) is 57.8 Å². The zero-order valence-electron chi connectivity index (χ0n) is 16.9. The van der Waals surface area contributed by atoms with Gasteiger partial charge < -0.3 is 14.8 Å². The Kier molecular flexibility index (Phi) is 11.6. The van der Waals surface area contributed by atoms with Crippen molar-refractivity contribution in [1.82, 2.24) is 4.98 Å². The van der Waals surface area contributed by atoms with Crippen molar-refractivity contribution in [2.75, 3.05) is 38.3 Å². The zero-order chi connectivity index (χ0) is 19.0. The molecule has 0 aliphatic heterocycles. The average Bonchev–Trinajstić information content (AvgIpc) is 2.71. The lowest BCUT2D eigenvalue weighted by molar-refractivity contribution is 0.0796. The smallest absolute Gasteiger partial charge is 0.0722 e. The molecule has 4 heteroatoms. The lowest BCUT2D eigenvalue weighted by atomic mass is 10.2. The summed E-state index contributed by atoms with van der Waals surface area (Å²) in [5, 5.41) is 4.72. The molecule has 27 heavy (non-hydrogen) atoms. The Bertz CT molecular complexity index is 613. The minimum absolute atomic E-state index is 0.816. The standard InChI is InChI=1S/C23H36N2O2/c1-2-3-4-9-17-26-19-11-20-27-18-10-5-8-15-24-23-14-16-25-22-13-7-6-12-21(22)23/h6-7,12-14,16H,2-5,8-11,15,17-20H2,1H3,(H,24,25). The SMILES string of the molecule is CCCCCCOCCCOCCCCCNc1ccnc2ccccc12. The van der Waals surface area contributed by atoms with Crippen LogP contribution in [0.3, 0.4) is 0 Å². The first-order chi connectivity index (χ1) is 13.4. The number of rotatable bonds is 16. The molecule has 2 rings (SSSR count). The summed E-state index contributed by atoms with van der Waals surface area (Å²) in [6.07, 6.45) is 11.4. The van der Waals surface area contributed by atoms with Gasteiger partial charge in [0.25, 0.3) is 0 Å². The number of hydrogen-bond donors (Lipinski definition) is 1. The minimum atomic E-state index is 0.816. The van der Waals surface area contributed by atoms with Crippen LogP contribution in [0.2, 0.25) is 0 Å². The highest BCUT2D eigenvalue weighted by Gasteiger charge is 2.00. The molecule has 2 aromatic rings. The summed E-state index contributed by atoms with van der Waals surface area (Å²) in [5.41, 5.74) is 2.22. The summed E-state index contributed by atoms with van der Waals surface area (Å²) in [5.74, 6) is 0. The molecule has 150 valence electrons. The number of fused-ring (bicyclic) bond motifs is 1. The number of benzene rings is 1. The van der Waals surface area contributed by atoms with Gasteiger partial charge in [-0.3, -0.25) is 4.98 Å². The number of pyridine rings is 1. The molecular formula is C23H36N2O2. The molecule has 1 N–H and O–H groups in total. The average molecular weight is 373 g/mol. The van der Waals surface area contributed by atoms with Crippen LogP contribution in [0.5, 0.6) is 0 Å². The topological polar surface area (TPSA) is 43.4 Å². The van der Waals surface area contributed by atoms with Gasteiger partial charge in [-0.05, 0) is 44.2 Å². The Hall–Kier alpha value is -1.65. The van der Waals surface area contributed by atoms with Crippen molar-refractivity contribution in [3.63, 3.8) is 0 Å². The molecule has 0 saturated heterocycles. The van der Waals surface area contributed by atoms with Gasteiger partial charge in [0.05, 0.1) is 5.52 Å². The summed E-state index contributed by atoms with van der Waals surface area (Å²) in [4.78, 5) is 4.40. The van der Waals surface area contributed by atoms with E-state index in [2.05, 4.69) is 41.5 Å². The Morgan fingerprint density at radius 3 is 2.26 bits per heavy atom. The van der Waals surface area contributed by atoms with Crippen LogP contribution < -0.4 is 5.32 Å². The van der Waals surface area contributed by atoms with Crippen LogP contribution in [0, 0.1) is 0 Å². The highest BCUT2D eigenvalue weighted by Crippen LogP contribution is 2.20. The molecule has 0 aliphatic rings. The maximum absolute atomic E-state index is 5.69. The first-order valence-electron chi connectivity index (χ1n) is 10.6. The van der Waals surface area contributed by atoms with E-state index in [4.69, 9.17) is 9.47 Å². The van der Waals surface area contributed by atoms with E-state index < -0.39 is 0 Å². The maximum atomic E-state index is 5.69. The van der Waals surface area contributed by atoms with Crippen molar-refractivity contribution < 1.29 is 9.47 Å². The molecule has 0 atom stereocenters. The second-order valence-electron chi connectivity index (χ2n) is 7.00. The number of aromatic nitrogens is 1. The molecule has 1 heterocycles. The fourth-order valence-electron chi connectivity index (χ4n) is 3.08. The number of nitrogens with zero attached hydrogens (tertiary/aromatic N) is 1. The van der Waals surface area contributed by atoms with Crippen LogP contribution in [-0.2, 0) is 9.47 Å². The number of unbranched alkanes of at least 4 members (excludes halogenated alkanes) is 5. The number of anilines is 1. The molecule has 0 radical (unpaired) electrons. The minimum Gasteiger partial charge on any atom is -0.384 e. The van der Waals surface area contributed by atoms with Crippen molar-refractivity contribution in [3.8, 4) is 0 Å². The Balaban J connectivity index is 1.40. The first-order valence-corrected chi connectivity index (χ1v) is 10.6. The van der Waals surface area contributed by atoms with Crippen molar-refractivity contribution >= 4 is 16.6 Å². The number of para-hydroxylation sites is 1. The third-order valence-electron chi connectivity index (χ3n) is 4.65. The van der Waals surface area contributed by atoms with Gasteiger partial charge in [0, 0.05) is 50.2 Å². The molecule has 4 nitrogen and oxygen atoms in total. The third kappa shape index (κ3) is 9.21. The van der Waals surface area contributed by atoms with Crippen LogP contribution >= 0.6 is 0 Å². The second kappa shape index (κ2) is 14.4. The fraction of sp³-hybridized carbons (Fsp3) is 0.609. The molecule has 0 fully saturated rings. The van der Waals surface area contributed by atoms with Gasteiger partial charge >= 0.3 is 0 Å². The Morgan fingerprint density at radius 2 is 1.48 bits per heavy atom. The normalized spacial score (nSPS) is 11.1. The quantitative estimate of drug-likeness (QED) is 0.377. The third-order valence-corrected chi connectivity index (χ3v) is 4.65. The largest absolute Gasteiger partial charge is 0.384 e. The predicted octanol–water partition coefficient (Wildman–Crippen LogP) is 5.82. The van der Waals surface area contributed by atoms with Crippen molar-refractivity contribution in [3.05, 3.63) is 36.5 Å². The van der Waals surface area contributed by atoms with Crippen LogP contribution in [0.25, 0.3) is 10.9 Å². The van der Waals surface area contributed by atoms with Crippen LogP contribution in [0.4, 0.5) is 5.69 Å². The molecule has 0 unspecified atom stereocenters. The van der Waals surface area contributed by atoms with Crippen molar-refractivity contribution in [2.24, 2.45) is 0 Å². The molecule has 0 bridgehead atoms. The Labute approximate surface area is 164 Å². The van der Waals surface area contributed by atoms with Crippen molar-refractivity contribution in [1.29, 1.82) is 0 Å². The van der Waals surface area contributed by atoms with E-state index in [0.29, 0.717) is 0 Å². The predicted molar refractivity (Wildman–Crippen MR) is 114 cm³/mol. The molecule has 1 aromatic carbocycles. The molecule has 0 saturated carbocycles. The number of hydrogen-bond acceptors (Lipinski definition) is 4. The molecule has 0 amide bonds. The fourth-order valence-corrected chi connectivity index (χ4v) is 3.08. The highest BCUT2D eigenvalue weighted by atomic mass is 16.5. The number of ether oxygens (including phenoxy) is 2. The van der Waals surface area contributed by atoms with Gasteiger partial charge in [0.15, 0.2) is 0 Å². The monoisotopic (exact) mass is 372 g/mol. The van der Waals surface area contributed by atoms with Gasteiger partial charge in [0.1, 0.15) is 0 Å². The zero-order valence-corrected chi connectivity index (χ0v) is 16.9. The molecule has 0 spiro atoms. The van der Waals surface area contributed by atoms with E-state index in [-0.39, 0.29) is 0 Å². The van der Waals surface area contributed by atoms with Crippen molar-refractivity contribution in [2.45, 2.75) is 58.3 Å². The van der Waals surface area contributed by atoms with E-state index >= 15 is 0 Å². The summed E-state index contributed by atoms with van der Waals surface area (Å²) in [6.45, 7) is 6.62. The van der Waals surface area contributed by atoms with E-state index in [9.17, 15) is 0 Å². The molecule has 0 aliphatic carbocycles. The summed E-state index contributed by atoms with van der Waals surface area (Å²) >= 11 is 0. The van der Waals surface area contributed by atoms with Gasteiger partial charge in [-0.2, -0.15) is 0 Å². The first kappa shape index (κ1) is 21.6. The van der Waals surface area contributed by atoms with Gasteiger partial charge in [0.2, 0.25) is 0 Å². The van der Waals surface area contributed by atoms with Gasteiger partial charge in [-0.1, -0.05) is 44.4 Å². The Morgan fingerprint density at radius 1 is 0.778 bits per heavy atom. The van der Waals surface area contributed by atoms with Gasteiger partial charge in [-0.15, -0.1) is 0 Å². The van der Waals surface area contributed by atoms with E-state index in [1.165, 1.54) is 43.2 Å². The van der Waals surface area contributed by atoms with Crippen LogP contribution in [0.1, 0.15) is 58.3 Å². The summed E-state index contributed by atoms with van der Waals surface area (Å²) in [7, 11) is 0. The number of nitrogens with one attached hydrogen (secondary N) is 1. The molecular weight excluding hydrogens is 336 g/mol.